The van der Waals surface area contributed by atoms with E-state index in [0.717, 1.165) is 5.56 Å². The number of carboxylic acids is 1. The second-order valence-electron chi connectivity index (χ2n) is 4.50. The number of aliphatic hydroxyl groups is 1. The lowest BCUT2D eigenvalue weighted by molar-refractivity contribution is -0.148. The molecule has 0 spiro atoms. The Hall–Kier alpha value is -1.90. The maximum absolute atomic E-state index is 10.6. The predicted molar refractivity (Wildman–Crippen MR) is 63.7 cm³/mol. The maximum Gasteiger partial charge on any atom is 0.309 e. The summed E-state index contributed by atoms with van der Waals surface area (Å²) < 4.78 is 0. The number of hydrogen-bond acceptors (Lipinski definition) is 4. The van der Waals surface area contributed by atoms with Crippen molar-refractivity contribution < 1.29 is 15.0 Å². The van der Waals surface area contributed by atoms with E-state index in [-0.39, 0.29) is 5.92 Å². The summed E-state index contributed by atoms with van der Waals surface area (Å²) in [6.45, 7) is 1.40. The number of benzene rings is 1. The van der Waals surface area contributed by atoms with Crippen LogP contribution >= 0.6 is 0 Å². The van der Waals surface area contributed by atoms with Crippen LogP contribution in [0, 0.1) is 17.2 Å². The first-order valence-corrected chi connectivity index (χ1v) is 5.73. The lowest BCUT2D eigenvalue weighted by atomic mass is 9.98. The van der Waals surface area contributed by atoms with Crippen LogP contribution in [0.1, 0.15) is 17.2 Å². The SMILES string of the molecule is N#Cc1ccc(C(O)CN2CC(C(=O)O)C2)cc1. The molecule has 94 valence electrons. The monoisotopic (exact) mass is 246 g/mol. The summed E-state index contributed by atoms with van der Waals surface area (Å²) in [5, 5.41) is 27.4. The fourth-order valence-corrected chi connectivity index (χ4v) is 2.00. The van der Waals surface area contributed by atoms with Gasteiger partial charge < -0.3 is 10.2 Å². The quantitative estimate of drug-likeness (QED) is 0.813. The molecule has 1 aromatic rings. The second-order valence-corrected chi connectivity index (χ2v) is 4.50. The smallest absolute Gasteiger partial charge is 0.309 e. The van der Waals surface area contributed by atoms with Crippen molar-refractivity contribution in [1.82, 2.24) is 4.90 Å². The highest BCUT2D eigenvalue weighted by molar-refractivity contribution is 5.71. The third kappa shape index (κ3) is 2.67. The average Bonchev–Trinajstić information content (AvgIpc) is 2.32. The van der Waals surface area contributed by atoms with Gasteiger partial charge in [-0.3, -0.25) is 9.69 Å². The number of aliphatic carboxylic acids is 1. The van der Waals surface area contributed by atoms with Crippen molar-refractivity contribution in [3.63, 3.8) is 0 Å². The second kappa shape index (κ2) is 5.17. The van der Waals surface area contributed by atoms with E-state index in [1.807, 2.05) is 11.0 Å². The molecule has 0 bridgehead atoms. The van der Waals surface area contributed by atoms with Crippen molar-refractivity contribution in [2.24, 2.45) is 5.92 Å². The Morgan fingerprint density at radius 2 is 2.06 bits per heavy atom. The molecule has 1 heterocycles. The molecular weight excluding hydrogens is 232 g/mol. The Morgan fingerprint density at radius 1 is 1.44 bits per heavy atom. The summed E-state index contributed by atoms with van der Waals surface area (Å²) in [6.07, 6.45) is -0.646. The highest BCUT2D eigenvalue weighted by atomic mass is 16.4. The molecular formula is C13H14N2O3. The molecule has 0 aromatic heterocycles. The van der Waals surface area contributed by atoms with Gasteiger partial charge in [-0.1, -0.05) is 12.1 Å². The number of likely N-dealkylation sites (tertiary alicyclic amines) is 1. The van der Waals surface area contributed by atoms with E-state index < -0.39 is 12.1 Å². The van der Waals surface area contributed by atoms with Crippen LogP contribution in [-0.2, 0) is 4.79 Å². The van der Waals surface area contributed by atoms with Gasteiger partial charge in [0.15, 0.2) is 0 Å². The highest BCUT2D eigenvalue weighted by Crippen LogP contribution is 2.21. The summed E-state index contributed by atoms with van der Waals surface area (Å²) in [5.41, 5.74) is 1.30. The summed E-state index contributed by atoms with van der Waals surface area (Å²) in [5.74, 6) is -1.09. The molecule has 2 N–H and O–H groups in total. The van der Waals surface area contributed by atoms with Crippen LogP contribution in [0.15, 0.2) is 24.3 Å². The minimum Gasteiger partial charge on any atom is -0.481 e. The van der Waals surface area contributed by atoms with Gasteiger partial charge in [-0.2, -0.15) is 5.26 Å². The van der Waals surface area contributed by atoms with Crippen LogP contribution in [0.2, 0.25) is 0 Å². The van der Waals surface area contributed by atoms with E-state index >= 15 is 0 Å². The third-order valence-corrected chi connectivity index (χ3v) is 3.16. The lowest BCUT2D eigenvalue weighted by Gasteiger charge is -2.37. The van der Waals surface area contributed by atoms with Gasteiger partial charge in [0.2, 0.25) is 0 Å². The van der Waals surface area contributed by atoms with Gasteiger partial charge in [0, 0.05) is 19.6 Å². The van der Waals surface area contributed by atoms with Crippen molar-refractivity contribution in [1.29, 1.82) is 5.26 Å². The van der Waals surface area contributed by atoms with E-state index in [9.17, 15) is 9.90 Å². The van der Waals surface area contributed by atoms with E-state index in [1.165, 1.54) is 0 Å². The largest absolute Gasteiger partial charge is 0.481 e. The first kappa shape index (κ1) is 12.6. The van der Waals surface area contributed by atoms with Gasteiger partial charge >= 0.3 is 5.97 Å². The molecule has 0 amide bonds. The first-order valence-electron chi connectivity index (χ1n) is 5.73. The summed E-state index contributed by atoms with van der Waals surface area (Å²) in [4.78, 5) is 12.5. The summed E-state index contributed by atoms with van der Waals surface area (Å²) in [7, 11) is 0. The Morgan fingerprint density at radius 3 is 2.56 bits per heavy atom. The van der Waals surface area contributed by atoms with Crippen LogP contribution in [0.4, 0.5) is 0 Å². The average molecular weight is 246 g/mol. The maximum atomic E-state index is 10.6. The number of nitriles is 1. The molecule has 18 heavy (non-hydrogen) atoms. The van der Waals surface area contributed by atoms with Crippen molar-refractivity contribution in [3.8, 4) is 6.07 Å². The molecule has 1 aliphatic rings. The number of aliphatic hydroxyl groups excluding tert-OH is 1. The Balaban J connectivity index is 1.87. The minimum absolute atomic E-state index is 0.307. The normalized spacial score (nSPS) is 17.8. The van der Waals surface area contributed by atoms with Crippen molar-refractivity contribution in [2.45, 2.75) is 6.10 Å². The summed E-state index contributed by atoms with van der Waals surface area (Å²) >= 11 is 0. The zero-order valence-electron chi connectivity index (χ0n) is 9.78. The number of carboxylic acid groups (broad SMARTS) is 1. The third-order valence-electron chi connectivity index (χ3n) is 3.16. The van der Waals surface area contributed by atoms with E-state index in [2.05, 4.69) is 0 Å². The Kier molecular flexibility index (Phi) is 3.60. The molecule has 1 aromatic carbocycles. The molecule has 0 radical (unpaired) electrons. The standard InChI is InChI=1S/C13H14N2O3/c14-5-9-1-3-10(4-2-9)12(16)8-15-6-11(7-15)13(17)18/h1-4,11-12,16H,6-8H2,(H,17,18). The van der Waals surface area contributed by atoms with Crippen molar-refractivity contribution in [3.05, 3.63) is 35.4 Å². The van der Waals surface area contributed by atoms with Gasteiger partial charge in [-0.25, -0.2) is 0 Å². The Labute approximate surface area is 105 Å². The number of hydrogen-bond donors (Lipinski definition) is 2. The molecule has 1 aliphatic heterocycles. The molecule has 0 saturated carbocycles. The van der Waals surface area contributed by atoms with Crippen LogP contribution in [0.5, 0.6) is 0 Å². The van der Waals surface area contributed by atoms with Gasteiger partial charge in [0.05, 0.1) is 23.7 Å². The van der Waals surface area contributed by atoms with Gasteiger partial charge in [0.25, 0.3) is 0 Å². The van der Waals surface area contributed by atoms with Crippen LogP contribution in [0.3, 0.4) is 0 Å². The fourth-order valence-electron chi connectivity index (χ4n) is 2.00. The topological polar surface area (TPSA) is 84.6 Å². The molecule has 0 aliphatic carbocycles. The van der Waals surface area contributed by atoms with E-state index in [1.54, 1.807) is 24.3 Å². The van der Waals surface area contributed by atoms with Crippen molar-refractivity contribution >= 4 is 5.97 Å². The molecule has 1 saturated heterocycles. The molecule has 2 rings (SSSR count). The molecule has 1 unspecified atom stereocenters. The highest BCUT2D eigenvalue weighted by Gasteiger charge is 2.33. The zero-order valence-corrected chi connectivity index (χ0v) is 9.78. The first-order chi connectivity index (χ1) is 8.60. The number of rotatable bonds is 4. The van der Waals surface area contributed by atoms with Gasteiger partial charge in [-0.05, 0) is 17.7 Å². The van der Waals surface area contributed by atoms with Crippen LogP contribution < -0.4 is 0 Å². The number of carbonyl (C=O) groups is 1. The van der Waals surface area contributed by atoms with Crippen molar-refractivity contribution in [2.75, 3.05) is 19.6 Å². The number of β-amino-alcohol motifs (C(OH)–C–C–N with tert-alkyl or cyclic N) is 1. The van der Waals surface area contributed by atoms with E-state index in [0.29, 0.717) is 25.2 Å². The zero-order chi connectivity index (χ0) is 13.1. The predicted octanol–water partition coefficient (Wildman–Crippen LogP) is 0.608. The Bertz CT molecular complexity index is 472. The molecule has 1 atom stereocenters. The molecule has 1 fully saturated rings. The lowest BCUT2D eigenvalue weighted by Crippen LogP contribution is -2.51. The summed E-state index contributed by atoms with van der Waals surface area (Å²) in [6, 6.07) is 8.78. The van der Waals surface area contributed by atoms with E-state index in [4.69, 9.17) is 10.4 Å². The van der Waals surface area contributed by atoms with Crippen LogP contribution in [-0.4, -0.2) is 40.7 Å². The molecule has 5 nitrogen and oxygen atoms in total. The van der Waals surface area contributed by atoms with Gasteiger partial charge in [0.1, 0.15) is 0 Å². The van der Waals surface area contributed by atoms with Gasteiger partial charge in [-0.15, -0.1) is 0 Å². The fraction of sp³-hybridized carbons (Fsp3) is 0.385. The van der Waals surface area contributed by atoms with Crippen LogP contribution in [0.25, 0.3) is 0 Å². The molecule has 5 heteroatoms. The number of nitrogens with zero attached hydrogens (tertiary/aromatic N) is 2. The minimum atomic E-state index is -0.779.